The summed E-state index contributed by atoms with van der Waals surface area (Å²) in [5.74, 6) is 0.257. The Morgan fingerprint density at radius 1 is 0.882 bits per heavy atom. The lowest BCUT2D eigenvalue weighted by atomic mass is 10.2. The van der Waals surface area contributed by atoms with Crippen LogP contribution in [0.15, 0.2) is 78.9 Å². The van der Waals surface area contributed by atoms with Crippen LogP contribution in [0.1, 0.15) is 46.5 Å². The highest BCUT2D eigenvalue weighted by molar-refractivity contribution is 7.80. The largest absolute Gasteiger partial charge is 0.491 e. The van der Waals surface area contributed by atoms with Crippen molar-refractivity contribution >= 4 is 29.1 Å². The molecular weight excluding hydrogens is 450 g/mol. The van der Waals surface area contributed by atoms with Crippen LogP contribution in [0.4, 0.5) is 0 Å². The molecule has 7 nitrogen and oxygen atoms in total. The summed E-state index contributed by atoms with van der Waals surface area (Å²) in [5.41, 5.74) is 6.76. The van der Waals surface area contributed by atoms with Gasteiger partial charge in [0.1, 0.15) is 18.1 Å². The molecule has 0 aliphatic heterocycles. The summed E-state index contributed by atoms with van der Waals surface area (Å²) in [5, 5.41) is 2.49. The van der Waals surface area contributed by atoms with Crippen LogP contribution in [-0.2, 0) is 6.61 Å². The molecule has 0 bridgehead atoms. The van der Waals surface area contributed by atoms with Crippen LogP contribution >= 0.6 is 12.2 Å². The van der Waals surface area contributed by atoms with E-state index in [0.29, 0.717) is 29.2 Å². The highest BCUT2D eigenvalue weighted by Crippen LogP contribution is 2.19. The summed E-state index contributed by atoms with van der Waals surface area (Å²) < 4.78 is 11.5. The molecule has 8 heteroatoms. The van der Waals surface area contributed by atoms with Crippen molar-refractivity contribution in [3.8, 4) is 11.5 Å². The smallest absolute Gasteiger partial charge is 0.273 e. The van der Waals surface area contributed by atoms with Crippen molar-refractivity contribution in [3.05, 3.63) is 95.6 Å². The van der Waals surface area contributed by atoms with Crippen molar-refractivity contribution in [2.45, 2.75) is 33.0 Å². The van der Waals surface area contributed by atoms with Crippen LogP contribution in [0.3, 0.4) is 0 Å². The van der Waals surface area contributed by atoms with Crippen molar-refractivity contribution in [1.29, 1.82) is 0 Å². The Labute approximate surface area is 204 Å². The second kappa shape index (κ2) is 12.4. The Bertz CT molecular complexity index is 1120. The minimum Gasteiger partial charge on any atom is -0.491 e. The summed E-state index contributed by atoms with van der Waals surface area (Å²) in [6.45, 7) is 4.34. The first-order valence-corrected chi connectivity index (χ1v) is 11.3. The average molecular weight is 478 g/mol. The maximum atomic E-state index is 12.6. The molecule has 3 rings (SSSR count). The molecule has 176 valence electrons. The van der Waals surface area contributed by atoms with E-state index in [1.807, 2.05) is 44.2 Å². The molecule has 1 unspecified atom stereocenters. The number of amides is 2. The van der Waals surface area contributed by atoms with Gasteiger partial charge in [0.05, 0.1) is 11.7 Å². The number of hydrogen-bond acceptors (Lipinski definition) is 5. The van der Waals surface area contributed by atoms with Crippen LogP contribution in [0, 0.1) is 0 Å². The van der Waals surface area contributed by atoms with Gasteiger partial charge in [-0.2, -0.15) is 0 Å². The van der Waals surface area contributed by atoms with Crippen molar-refractivity contribution < 1.29 is 19.1 Å². The van der Waals surface area contributed by atoms with Crippen molar-refractivity contribution in [1.82, 2.24) is 16.2 Å². The maximum absolute atomic E-state index is 12.6. The van der Waals surface area contributed by atoms with Crippen LogP contribution < -0.4 is 25.6 Å². The number of para-hydroxylation sites is 1. The predicted octanol–water partition coefficient (Wildman–Crippen LogP) is 4.39. The number of carbonyl (C=O) groups is 2. The molecule has 2 amide bonds. The van der Waals surface area contributed by atoms with E-state index in [1.165, 1.54) is 0 Å². The molecule has 3 N–H and O–H groups in total. The van der Waals surface area contributed by atoms with E-state index in [1.54, 1.807) is 48.5 Å². The van der Waals surface area contributed by atoms with Gasteiger partial charge in [-0.3, -0.25) is 25.8 Å². The van der Waals surface area contributed by atoms with E-state index in [0.717, 1.165) is 12.0 Å². The number of thiocarbonyl (C=S) groups is 1. The Balaban J connectivity index is 1.51. The minimum absolute atomic E-state index is 0.0408. The number of benzene rings is 3. The molecule has 0 spiro atoms. The fourth-order valence-corrected chi connectivity index (χ4v) is 3.05. The molecule has 0 radical (unpaired) electrons. The second-order valence-corrected chi connectivity index (χ2v) is 7.90. The van der Waals surface area contributed by atoms with E-state index >= 15 is 0 Å². The average Bonchev–Trinajstić information content (AvgIpc) is 2.87. The number of nitrogens with one attached hydrogen (secondary N) is 3. The lowest BCUT2D eigenvalue weighted by Crippen LogP contribution is -2.48. The molecule has 3 aromatic carbocycles. The van der Waals surface area contributed by atoms with E-state index in [2.05, 4.69) is 16.2 Å². The molecule has 3 aromatic rings. The standard InChI is InChI=1S/C26H27N3O4S/c1-3-18(2)33-21-15-13-20(14-16-21)24(30)27-26(34)29-28-25(31)22-11-7-8-12-23(22)32-17-19-9-5-4-6-10-19/h4-16,18H,3,17H2,1-2H3,(H,28,31)(H2,27,29,30,34). The first-order chi connectivity index (χ1) is 16.5. The van der Waals surface area contributed by atoms with Gasteiger partial charge in [0.25, 0.3) is 11.8 Å². The topological polar surface area (TPSA) is 88.7 Å². The normalized spacial score (nSPS) is 11.1. The highest BCUT2D eigenvalue weighted by atomic mass is 32.1. The predicted molar refractivity (Wildman–Crippen MR) is 135 cm³/mol. The molecule has 0 fully saturated rings. The van der Waals surface area contributed by atoms with Crippen LogP contribution in [-0.4, -0.2) is 23.0 Å². The number of rotatable bonds is 8. The van der Waals surface area contributed by atoms with Crippen molar-refractivity contribution in [3.63, 3.8) is 0 Å². The molecule has 0 aliphatic carbocycles. The Hall–Kier alpha value is -3.91. The lowest BCUT2D eigenvalue weighted by Gasteiger charge is -2.14. The molecule has 0 saturated heterocycles. The molecule has 1 atom stereocenters. The van der Waals surface area contributed by atoms with Crippen LogP contribution in [0.2, 0.25) is 0 Å². The van der Waals surface area contributed by atoms with E-state index in [9.17, 15) is 9.59 Å². The van der Waals surface area contributed by atoms with Gasteiger partial charge in [0.2, 0.25) is 0 Å². The van der Waals surface area contributed by atoms with Crippen LogP contribution in [0.25, 0.3) is 0 Å². The van der Waals surface area contributed by atoms with Gasteiger partial charge < -0.3 is 9.47 Å². The summed E-state index contributed by atoms with van der Waals surface area (Å²) >= 11 is 5.13. The van der Waals surface area contributed by atoms with Gasteiger partial charge in [0, 0.05) is 5.56 Å². The summed E-state index contributed by atoms with van der Waals surface area (Å²) in [7, 11) is 0. The Morgan fingerprint density at radius 3 is 2.26 bits per heavy atom. The molecule has 0 aliphatic rings. The fraction of sp³-hybridized carbons (Fsp3) is 0.192. The van der Waals surface area contributed by atoms with Crippen molar-refractivity contribution in [2.75, 3.05) is 0 Å². The van der Waals surface area contributed by atoms with E-state index in [-0.39, 0.29) is 11.2 Å². The molecule has 0 heterocycles. The third kappa shape index (κ3) is 7.31. The van der Waals surface area contributed by atoms with Crippen molar-refractivity contribution in [2.24, 2.45) is 0 Å². The summed E-state index contributed by atoms with van der Waals surface area (Å²) in [6, 6.07) is 23.3. The SMILES string of the molecule is CCC(C)Oc1ccc(C(=O)NC(=S)NNC(=O)c2ccccc2OCc2ccccc2)cc1. The first kappa shape index (κ1) is 24.7. The maximum Gasteiger partial charge on any atom is 0.273 e. The van der Waals surface area contributed by atoms with Gasteiger partial charge in [-0.15, -0.1) is 0 Å². The fourth-order valence-electron chi connectivity index (χ4n) is 2.90. The monoisotopic (exact) mass is 477 g/mol. The van der Waals surface area contributed by atoms with Gasteiger partial charge in [-0.05, 0) is 67.5 Å². The number of hydrazine groups is 1. The second-order valence-electron chi connectivity index (χ2n) is 7.49. The van der Waals surface area contributed by atoms with E-state index in [4.69, 9.17) is 21.7 Å². The molecule has 34 heavy (non-hydrogen) atoms. The quantitative estimate of drug-likeness (QED) is 0.329. The van der Waals surface area contributed by atoms with Crippen LogP contribution in [0.5, 0.6) is 11.5 Å². The third-order valence-corrected chi connectivity index (χ3v) is 5.12. The van der Waals surface area contributed by atoms with Gasteiger partial charge >= 0.3 is 0 Å². The Morgan fingerprint density at radius 2 is 1.56 bits per heavy atom. The first-order valence-electron chi connectivity index (χ1n) is 10.9. The third-order valence-electron chi connectivity index (χ3n) is 4.91. The lowest BCUT2D eigenvalue weighted by molar-refractivity contribution is 0.0930. The molecule has 0 aromatic heterocycles. The zero-order valence-corrected chi connectivity index (χ0v) is 19.9. The molecular formula is C26H27N3O4S. The minimum atomic E-state index is -0.452. The zero-order valence-electron chi connectivity index (χ0n) is 19.0. The summed E-state index contributed by atoms with van der Waals surface area (Å²) in [6.07, 6.45) is 0.978. The zero-order chi connectivity index (χ0) is 24.3. The van der Waals surface area contributed by atoms with Gasteiger partial charge in [-0.25, -0.2) is 0 Å². The highest BCUT2D eigenvalue weighted by Gasteiger charge is 2.14. The number of ether oxygens (including phenoxy) is 2. The summed E-state index contributed by atoms with van der Waals surface area (Å²) in [4.78, 5) is 25.1. The molecule has 0 saturated carbocycles. The number of hydrogen-bond donors (Lipinski definition) is 3. The van der Waals surface area contributed by atoms with E-state index < -0.39 is 11.8 Å². The number of carbonyl (C=O) groups excluding carboxylic acids is 2. The van der Waals surface area contributed by atoms with Gasteiger partial charge in [-0.1, -0.05) is 49.4 Å². The Kier molecular flexibility index (Phi) is 8.99. The van der Waals surface area contributed by atoms with Gasteiger partial charge in [0.15, 0.2) is 5.11 Å².